The monoisotopic (exact) mass is 341 g/mol. The molecule has 6 heteroatoms. The van der Waals surface area contributed by atoms with E-state index < -0.39 is 11.7 Å². The molecule has 132 valence electrons. The molecule has 0 spiro atoms. The van der Waals surface area contributed by atoms with Crippen LogP contribution in [0.1, 0.15) is 50.2 Å². The Labute approximate surface area is 139 Å². The number of rotatable bonds is 4. The molecule has 3 atom stereocenters. The highest BCUT2D eigenvalue weighted by Crippen LogP contribution is 2.46. The largest absolute Gasteiger partial charge is 0.466 e. The van der Waals surface area contributed by atoms with E-state index in [1.165, 1.54) is 0 Å². The molecule has 0 radical (unpaired) electrons. The zero-order valence-electron chi connectivity index (χ0n) is 13.7. The van der Waals surface area contributed by atoms with Crippen molar-refractivity contribution >= 4 is 5.97 Å². The average Bonchev–Trinajstić information content (AvgIpc) is 2.83. The third kappa shape index (κ3) is 3.43. The molecule has 1 aromatic rings. The molecule has 3 rings (SSSR count). The van der Waals surface area contributed by atoms with E-state index in [9.17, 15) is 18.0 Å². The highest BCUT2D eigenvalue weighted by Gasteiger charge is 2.46. The molecule has 0 saturated carbocycles. The van der Waals surface area contributed by atoms with Crippen LogP contribution in [0.15, 0.2) is 24.3 Å². The lowest BCUT2D eigenvalue weighted by molar-refractivity contribution is -0.144. The molecule has 2 aliphatic heterocycles. The quantitative estimate of drug-likeness (QED) is 0.841. The van der Waals surface area contributed by atoms with Crippen molar-refractivity contribution < 1.29 is 22.7 Å². The topological polar surface area (TPSA) is 38.3 Å². The van der Waals surface area contributed by atoms with Gasteiger partial charge in [-0.3, -0.25) is 4.79 Å². The van der Waals surface area contributed by atoms with Crippen LogP contribution in [0.2, 0.25) is 0 Å². The molecule has 1 unspecified atom stereocenters. The lowest BCUT2D eigenvalue weighted by Crippen LogP contribution is -2.47. The summed E-state index contributed by atoms with van der Waals surface area (Å²) in [6, 6.07) is 5.76. The molecule has 0 amide bonds. The second kappa shape index (κ2) is 6.39. The first-order valence-corrected chi connectivity index (χ1v) is 8.43. The van der Waals surface area contributed by atoms with Crippen molar-refractivity contribution in [1.82, 2.24) is 5.32 Å². The summed E-state index contributed by atoms with van der Waals surface area (Å²) in [6.45, 7) is 2.16. The van der Waals surface area contributed by atoms with Crippen molar-refractivity contribution in [3.05, 3.63) is 35.4 Å². The van der Waals surface area contributed by atoms with Gasteiger partial charge in [0.1, 0.15) is 0 Å². The summed E-state index contributed by atoms with van der Waals surface area (Å²) < 4.78 is 43.3. The third-order valence-corrected chi connectivity index (χ3v) is 5.18. The average molecular weight is 341 g/mol. The van der Waals surface area contributed by atoms with Gasteiger partial charge < -0.3 is 10.1 Å². The lowest BCUT2D eigenvalue weighted by atomic mass is 9.77. The summed E-state index contributed by atoms with van der Waals surface area (Å²) in [4.78, 5) is 11.8. The lowest BCUT2D eigenvalue weighted by Gasteiger charge is -2.39. The second-order valence-electron chi connectivity index (χ2n) is 6.85. The van der Waals surface area contributed by atoms with E-state index in [-0.39, 0.29) is 17.4 Å². The van der Waals surface area contributed by atoms with Gasteiger partial charge in [0.15, 0.2) is 0 Å². The number of halogens is 3. The van der Waals surface area contributed by atoms with Crippen molar-refractivity contribution in [1.29, 1.82) is 0 Å². The number of alkyl halides is 3. The number of benzene rings is 1. The molecule has 3 nitrogen and oxygen atoms in total. The van der Waals surface area contributed by atoms with E-state index in [1.807, 2.05) is 0 Å². The Morgan fingerprint density at radius 2 is 2.04 bits per heavy atom. The Kier molecular flexibility index (Phi) is 4.60. The number of fused-ring (bicyclic) bond motifs is 2. The van der Waals surface area contributed by atoms with Crippen LogP contribution in [-0.4, -0.2) is 18.6 Å². The first-order valence-electron chi connectivity index (χ1n) is 8.43. The molecule has 24 heavy (non-hydrogen) atoms. The Balaban J connectivity index is 1.77. The number of piperidine rings is 1. The molecule has 1 N–H and O–H groups in total. The highest BCUT2D eigenvalue weighted by molar-refractivity contribution is 5.69. The van der Waals surface area contributed by atoms with Gasteiger partial charge in [0, 0.05) is 18.0 Å². The minimum Gasteiger partial charge on any atom is -0.466 e. The Hall–Kier alpha value is -1.56. The van der Waals surface area contributed by atoms with Crippen molar-refractivity contribution in [2.75, 3.05) is 6.61 Å². The standard InChI is InChI=1S/C18H22F3NO2/c1-2-24-16(23)10-12-9-15-7-8-17(11-12,22-15)13-3-5-14(6-4-13)18(19,20)21/h3-6,12,15,22H,2,7-11H2,1H3/t12?,15-,17+/m1/s1. The predicted molar refractivity (Wildman–Crippen MR) is 83.3 cm³/mol. The van der Waals surface area contributed by atoms with Gasteiger partial charge in [0.25, 0.3) is 0 Å². The van der Waals surface area contributed by atoms with Crippen molar-refractivity contribution in [2.24, 2.45) is 5.92 Å². The van der Waals surface area contributed by atoms with Crippen molar-refractivity contribution in [3.63, 3.8) is 0 Å². The minimum atomic E-state index is -4.32. The zero-order valence-corrected chi connectivity index (χ0v) is 13.7. The van der Waals surface area contributed by atoms with Gasteiger partial charge in [0.05, 0.1) is 12.2 Å². The van der Waals surface area contributed by atoms with Crippen LogP contribution in [0.25, 0.3) is 0 Å². The molecular formula is C18H22F3NO2. The second-order valence-corrected chi connectivity index (χ2v) is 6.85. The maximum absolute atomic E-state index is 12.8. The summed E-state index contributed by atoms with van der Waals surface area (Å²) >= 11 is 0. The predicted octanol–water partition coefficient (Wildman–Crippen LogP) is 4.02. The Morgan fingerprint density at radius 1 is 1.33 bits per heavy atom. The summed E-state index contributed by atoms with van der Waals surface area (Å²) in [5.74, 6) is 0.0199. The fourth-order valence-electron chi connectivity index (χ4n) is 4.21. The van der Waals surface area contributed by atoms with E-state index in [0.717, 1.165) is 43.4 Å². The molecular weight excluding hydrogens is 319 g/mol. The minimum absolute atomic E-state index is 0.189. The molecule has 2 saturated heterocycles. The Bertz CT molecular complexity index is 599. The number of hydrogen-bond acceptors (Lipinski definition) is 3. The van der Waals surface area contributed by atoms with Crippen LogP contribution in [0.4, 0.5) is 13.2 Å². The number of hydrogen-bond donors (Lipinski definition) is 1. The number of nitrogens with one attached hydrogen (secondary N) is 1. The van der Waals surface area contributed by atoms with Gasteiger partial charge in [-0.15, -0.1) is 0 Å². The molecule has 0 aromatic heterocycles. The smallest absolute Gasteiger partial charge is 0.416 e. The van der Waals surface area contributed by atoms with Crippen LogP contribution < -0.4 is 5.32 Å². The maximum Gasteiger partial charge on any atom is 0.416 e. The first kappa shape index (κ1) is 17.3. The van der Waals surface area contributed by atoms with Gasteiger partial charge in [-0.1, -0.05) is 12.1 Å². The normalized spacial score (nSPS) is 29.5. The summed E-state index contributed by atoms with van der Waals surface area (Å²) in [5.41, 5.74) is -0.0628. The fourth-order valence-corrected chi connectivity index (χ4v) is 4.21. The van der Waals surface area contributed by atoms with Gasteiger partial charge in [-0.05, 0) is 56.2 Å². The van der Waals surface area contributed by atoms with Crippen LogP contribution in [0, 0.1) is 5.92 Å². The third-order valence-electron chi connectivity index (χ3n) is 5.18. The molecule has 1 aromatic carbocycles. The van der Waals surface area contributed by atoms with Crippen LogP contribution >= 0.6 is 0 Å². The summed E-state index contributed by atoms with van der Waals surface area (Å²) in [5, 5.41) is 3.58. The number of carbonyl (C=O) groups is 1. The molecule has 2 aliphatic rings. The molecule has 2 bridgehead atoms. The molecule has 2 fully saturated rings. The number of carbonyl (C=O) groups excluding carboxylic acids is 1. The first-order chi connectivity index (χ1) is 11.3. The fraction of sp³-hybridized carbons (Fsp3) is 0.611. The van der Waals surface area contributed by atoms with E-state index >= 15 is 0 Å². The van der Waals surface area contributed by atoms with Gasteiger partial charge in [-0.2, -0.15) is 13.2 Å². The number of ether oxygens (including phenoxy) is 1. The maximum atomic E-state index is 12.8. The van der Waals surface area contributed by atoms with E-state index in [1.54, 1.807) is 19.1 Å². The van der Waals surface area contributed by atoms with Gasteiger partial charge in [-0.25, -0.2) is 0 Å². The zero-order chi connectivity index (χ0) is 17.4. The van der Waals surface area contributed by atoms with Gasteiger partial charge >= 0.3 is 12.1 Å². The van der Waals surface area contributed by atoms with Crippen LogP contribution in [-0.2, 0) is 21.2 Å². The number of esters is 1. The van der Waals surface area contributed by atoms with Gasteiger partial charge in [0.2, 0.25) is 0 Å². The SMILES string of the molecule is CCOC(=O)CC1C[C@H]2CC[C@@](c3ccc(C(F)(F)F)cc3)(C1)N2. The van der Waals surface area contributed by atoms with Crippen molar-refractivity contribution in [2.45, 2.75) is 56.8 Å². The van der Waals surface area contributed by atoms with Crippen LogP contribution in [0.3, 0.4) is 0 Å². The molecule has 0 aliphatic carbocycles. The van der Waals surface area contributed by atoms with Crippen molar-refractivity contribution in [3.8, 4) is 0 Å². The van der Waals surface area contributed by atoms with E-state index in [2.05, 4.69) is 5.32 Å². The molecule has 2 heterocycles. The van der Waals surface area contributed by atoms with E-state index in [0.29, 0.717) is 19.1 Å². The Morgan fingerprint density at radius 3 is 2.67 bits per heavy atom. The highest BCUT2D eigenvalue weighted by atomic mass is 19.4. The summed E-state index contributed by atoms with van der Waals surface area (Å²) in [6.07, 6.45) is -0.382. The summed E-state index contributed by atoms with van der Waals surface area (Å²) in [7, 11) is 0. The van der Waals surface area contributed by atoms with Crippen LogP contribution in [0.5, 0.6) is 0 Å². The van der Waals surface area contributed by atoms with E-state index in [4.69, 9.17) is 4.74 Å².